The van der Waals surface area contributed by atoms with Crippen LogP contribution >= 0.6 is 0 Å². The van der Waals surface area contributed by atoms with E-state index in [-0.39, 0.29) is 0 Å². The number of anilines is 2. The number of aryl methyl sites for hydroxylation is 1. The molecule has 1 aromatic carbocycles. The summed E-state index contributed by atoms with van der Waals surface area (Å²) in [6.07, 6.45) is 0. The molecule has 0 aromatic heterocycles. The first-order valence-corrected chi connectivity index (χ1v) is 4.53. The van der Waals surface area contributed by atoms with Crippen molar-refractivity contribution in [2.24, 2.45) is 0 Å². The molecule has 0 radical (unpaired) electrons. The summed E-state index contributed by atoms with van der Waals surface area (Å²) in [5.74, 6) is -3.13. The van der Waals surface area contributed by atoms with Gasteiger partial charge in [-0.2, -0.15) is 0 Å². The third-order valence-electron chi connectivity index (χ3n) is 1.98. The molecule has 84 valence electrons. The first-order valence-electron chi connectivity index (χ1n) is 4.53. The molecule has 0 aliphatic rings. The van der Waals surface area contributed by atoms with Crippen LogP contribution in [0.2, 0.25) is 0 Å². The molecule has 3 nitrogen and oxygen atoms in total. The highest BCUT2D eigenvalue weighted by Crippen LogP contribution is 2.21. The maximum Gasteiger partial charge on any atom is 0.287 e. The summed E-state index contributed by atoms with van der Waals surface area (Å²) in [6.45, 7) is 0.0605. The van der Waals surface area contributed by atoms with Crippen molar-refractivity contribution in [3.63, 3.8) is 0 Å². The number of hydrogen-bond donors (Lipinski definition) is 3. The van der Waals surface area contributed by atoms with Crippen LogP contribution in [-0.4, -0.2) is 24.2 Å². The molecule has 0 amide bonds. The molecule has 0 saturated carbocycles. The van der Waals surface area contributed by atoms with Crippen LogP contribution in [0.4, 0.5) is 20.2 Å². The molecule has 0 fully saturated rings. The van der Waals surface area contributed by atoms with E-state index in [4.69, 9.17) is 10.8 Å². The van der Waals surface area contributed by atoms with Crippen molar-refractivity contribution in [3.05, 3.63) is 23.8 Å². The summed E-state index contributed by atoms with van der Waals surface area (Å²) in [5, 5.41) is 10.9. The Balaban J connectivity index is 2.66. The highest BCUT2D eigenvalue weighted by atomic mass is 19.3. The van der Waals surface area contributed by atoms with Crippen LogP contribution in [-0.2, 0) is 0 Å². The van der Waals surface area contributed by atoms with Gasteiger partial charge in [0.25, 0.3) is 5.92 Å². The number of halogens is 2. The second kappa shape index (κ2) is 4.44. The number of nitrogens with one attached hydrogen (secondary N) is 1. The predicted molar refractivity (Wildman–Crippen MR) is 56.1 cm³/mol. The molecule has 0 heterocycles. The lowest BCUT2D eigenvalue weighted by atomic mass is 10.2. The van der Waals surface area contributed by atoms with Gasteiger partial charge in [-0.1, -0.05) is 6.07 Å². The van der Waals surface area contributed by atoms with E-state index in [9.17, 15) is 8.78 Å². The smallest absolute Gasteiger partial charge is 0.287 e. The van der Waals surface area contributed by atoms with E-state index in [1.54, 1.807) is 18.2 Å². The molecule has 0 aliphatic heterocycles. The molecular formula is C10H14F2N2O. The zero-order valence-corrected chi connectivity index (χ0v) is 8.43. The fraction of sp³-hybridized carbons (Fsp3) is 0.400. The van der Waals surface area contributed by atoms with Gasteiger partial charge < -0.3 is 16.2 Å². The lowest BCUT2D eigenvalue weighted by Crippen LogP contribution is -2.31. The van der Waals surface area contributed by atoms with Crippen LogP contribution in [0.5, 0.6) is 0 Å². The molecule has 0 bridgehead atoms. The van der Waals surface area contributed by atoms with Gasteiger partial charge in [-0.05, 0) is 24.6 Å². The average molecular weight is 216 g/mol. The Labute approximate surface area is 86.9 Å². The quantitative estimate of drug-likeness (QED) is 0.670. The lowest BCUT2D eigenvalue weighted by Gasteiger charge is -2.16. The van der Waals surface area contributed by atoms with Gasteiger partial charge in [0.05, 0.1) is 17.9 Å². The van der Waals surface area contributed by atoms with Gasteiger partial charge in [0.2, 0.25) is 0 Å². The second-order valence-corrected chi connectivity index (χ2v) is 3.46. The summed E-state index contributed by atoms with van der Waals surface area (Å²) in [7, 11) is 0. The van der Waals surface area contributed by atoms with E-state index in [1.807, 2.05) is 6.92 Å². The minimum Gasteiger partial charge on any atom is -0.397 e. The molecule has 0 atom stereocenters. The molecule has 1 aromatic rings. The number of nitrogen functional groups attached to an aromatic ring is 1. The minimum absolute atomic E-state index is 0.420. The lowest BCUT2D eigenvalue weighted by molar-refractivity contribution is -0.0372. The Hall–Kier alpha value is -1.36. The largest absolute Gasteiger partial charge is 0.397 e. The third kappa shape index (κ3) is 3.36. The Bertz CT molecular complexity index is 342. The van der Waals surface area contributed by atoms with Gasteiger partial charge in [-0.25, -0.2) is 8.78 Å². The van der Waals surface area contributed by atoms with Crippen molar-refractivity contribution in [1.29, 1.82) is 0 Å². The molecule has 0 aliphatic carbocycles. The standard InChI is InChI=1S/C10H14F2N2O/c1-7-2-3-9(8(13)4-7)14-5-10(11,12)6-15/h2-4,14-15H,5-6,13H2,1H3. The molecule has 0 spiro atoms. The van der Waals surface area contributed by atoms with Crippen LogP contribution in [0.15, 0.2) is 18.2 Å². The Morgan fingerprint density at radius 3 is 2.67 bits per heavy atom. The number of aliphatic hydroxyl groups is 1. The highest BCUT2D eigenvalue weighted by Gasteiger charge is 2.27. The second-order valence-electron chi connectivity index (χ2n) is 3.46. The summed E-state index contributed by atoms with van der Waals surface area (Å²) in [5.41, 5.74) is 7.46. The van der Waals surface area contributed by atoms with Crippen molar-refractivity contribution in [2.75, 3.05) is 24.2 Å². The van der Waals surface area contributed by atoms with Crippen molar-refractivity contribution in [2.45, 2.75) is 12.8 Å². The SMILES string of the molecule is Cc1ccc(NCC(F)(F)CO)c(N)c1. The van der Waals surface area contributed by atoms with Gasteiger partial charge in [-0.3, -0.25) is 0 Å². The number of nitrogens with two attached hydrogens (primary N) is 1. The highest BCUT2D eigenvalue weighted by molar-refractivity contribution is 5.66. The zero-order valence-electron chi connectivity index (χ0n) is 8.43. The molecule has 4 N–H and O–H groups in total. The van der Waals surface area contributed by atoms with Crippen LogP contribution < -0.4 is 11.1 Å². The predicted octanol–water partition coefficient (Wildman–Crippen LogP) is 1.62. The average Bonchev–Trinajstić information content (AvgIpc) is 2.16. The van der Waals surface area contributed by atoms with Crippen LogP contribution in [0, 0.1) is 6.92 Å². The Morgan fingerprint density at radius 1 is 1.47 bits per heavy atom. The van der Waals surface area contributed by atoms with E-state index in [0.29, 0.717) is 11.4 Å². The molecule has 0 saturated heterocycles. The van der Waals surface area contributed by atoms with E-state index in [2.05, 4.69) is 5.32 Å². The first kappa shape index (κ1) is 11.7. The van der Waals surface area contributed by atoms with E-state index in [0.717, 1.165) is 5.56 Å². The van der Waals surface area contributed by atoms with E-state index >= 15 is 0 Å². The number of benzene rings is 1. The van der Waals surface area contributed by atoms with E-state index < -0.39 is 19.1 Å². The molecule has 0 unspecified atom stereocenters. The van der Waals surface area contributed by atoms with E-state index in [1.165, 1.54) is 0 Å². The van der Waals surface area contributed by atoms with Gasteiger partial charge in [0, 0.05) is 0 Å². The third-order valence-corrected chi connectivity index (χ3v) is 1.98. The summed E-state index contributed by atoms with van der Waals surface area (Å²) >= 11 is 0. The topological polar surface area (TPSA) is 58.3 Å². The molecule has 5 heteroatoms. The Morgan fingerprint density at radius 2 is 2.13 bits per heavy atom. The number of rotatable bonds is 4. The number of aliphatic hydroxyl groups excluding tert-OH is 1. The van der Waals surface area contributed by atoms with Crippen molar-refractivity contribution in [1.82, 2.24) is 0 Å². The summed E-state index contributed by atoms with van der Waals surface area (Å²) in [6, 6.07) is 5.10. The summed E-state index contributed by atoms with van der Waals surface area (Å²) < 4.78 is 25.4. The fourth-order valence-corrected chi connectivity index (χ4v) is 1.12. The monoisotopic (exact) mass is 216 g/mol. The maximum atomic E-state index is 12.7. The fourth-order valence-electron chi connectivity index (χ4n) is 1.12. The van der Waals surface area contributed by atoms with Crippen molar-refractivity contribution in [3.8, 4) is 0 Å². The van der Waals surface area contributed by atoms with Crippen LogP contribution in [0.3, 0.4) is 0 Å². The van der Waals surface area contributed by atoms with Gasteiger partial charge in [0.1, 0.15) is 6.61 Å². The van der Waals surface area contributed by atoms with Crippen LogP contribution in [0.25, 0.3) is 0 Å². The molecule has 1 rings (SSSR count). The van der Waals surface area contributed by atoms with Crippen molar-refractivity contribution >= 4 is 11.4 Å². The first-order chi connectivity index (χ1) is 6.94. The minimum atomic E-state index is -3.13. The number of hydrogen-bond acceptors (Lipinski definition) is 3. The van der Waals surface area contributed by atoms with Gasteiger partial charge in [-0.15, -0.1) is 0 Å². The Kier molecular flexibility index (Phi) is 3.47. The molecule has 15 heavy (non-hydrogen) atoms. The van der Waals surface area contributed by atoms with Gasteiger partial charge in [0.15, 0.2) is 0 Å². The maximum absolute atomic E-state index is 12.7. The zero-order chi connectivity index (χ0) is 11.5. The molecular weight excluding hydrogens is 202 g/mol. The normalized spacial score (nSPS) is 11.5. The van der Waals surface area contributed by atoms with Gasteiger partial charge >= 0.3 is 0 Å². The summed E-state index contributed by atoms with van der Waals surface area (Å²) in [4.78, 5) is 0. The van der Waals surface area contributed by atoms with Crippen molar-refractivity contribution < 1.29 is 13.9 Å². The number of alkyl halides is 2. The van der Waals surface area contributed by atoms with Crippen LogP contribution in [0.1, 0.15) is 5.56 Å².